The number of aliphatic carboxylic acids is 1. The van der Waals surface area contributed by atoms with Gasteiger partial charge in [0, 0.05) is 6.42 Å². The SMILES string of the molecule is CCCCCCCCCCCCCCCCCCCCCC(=O)N[C@H](C(=O)O)[C@@H](C)CC. The molecule has 0 aromatic rings. The first-order valence-corrected chi connectivity index (χ1v) is 14.0. The summed E-state index contributed by atoms with van der Waals surface area (Å²) in [6.07, 6.45) is 26.6. The van der Waals surface area contributed by atoms with Crippen LogP contribution in [-0.4, -0.2) is 23.0 Å². The van der Waals surface area contributed by atoms with Crippen molar-refractivity contribution in [2.75, 3.05) is 0 Å². The summed E-state index contributed by atoms with van der Waals surface area (Å²) in [5.74, 6) is -1.09. The van der Waals surface area contributed by atoms with Crippen molar-refractivity contribution in [3.63, 3.8) is 0 Å². The van der Waals surface area contributed by atoms with Crippen molar-refractivity contribution in [1.29, 1.82) is 0 Å². The normalized spacial score (nSPS) is 13.1. The highest BCUT2D eigenvalue weighted by atomic mass is 16.4. The Bertz CT molecular complexity index is 438. The molecule has 4 nitrogen and oxygen atoms in total. The maximum Gasteiger partial charge on any atom is 0.326 e. The van der Waals surface area contributed by atoms with E-state index in [-0.39, 0.29) is 11.8 Å². The molecule has 0 bridgehead atoms. The van der Waals surface area contributed by atoms with E-state index < -0.39 is 12.0 Å². The van der Waals surface area contributed by atoms with E-state index in [1.54, 1.807) is 0 Å². The molecule has 4 heteroatoms. The molecule has 2 N–H and O–H groups in total. The van der Waals surface area contributed by atoms with Crippen LogP contribution in [0.1, 0.15) is 156 Å². The van der Waals surface area contributed by atoms with E-state index in [9.17, 15) is 14.7 Å². The number of nitrogens with one attached hydrogen (secondary N) is 1. The predicted molar refractivity (Wildman–Crippen MR) is 137 cm³/mol. The fourth-order valence-electron chi connectivity index (χ4n) is 4.29. The van der Waals surface area contributed by atoms with Crippen LogP contribution in [0.3, 0.4) is 0 Å². The molecule has 0 aliphatic heterocycles. The molecule has 0 aliphatic carbocycles. The first-order valence-electron chi connectivity index (χ1n) is 14.0. The van der Waals surface area contributed by atoms with Gasteiger partial charge in [-0.05, 0) is 12.3 Å². The van der Waals surface area contributed by atoms with Crippen LogP contribution in [0.5, 0.6) is 0 Å². The molecule has 2 atom stereocenters. The van der Waals surface area contributed by atoms with Crippen molar-refractivity contribution in [1.82, 2.24) is 5.32 Å². The molecule has 190 valence electrons. The molecule has 1 amide bonds. The van der Waals surface area contributed by atoms with Crippen molar-refractivity contribution >= 4 is 11.9 Å². The second-order valence-electron chi connectivity index (χ2n) is 9.88. The van der Waals surface area contributed by atoms with Crippen LogP contribution >= 0.6 is 0 Å². The zero-order valence-electron chi connectivity index (χ0n) is 21.8. The minimum atomic E-state index is -0.930. The third-order valence-electron chi connectivity index (χ3n) is 6.80. The first-order chi connectivity index (χ1) is 15.5. The van der Waals surface area contributed by atoms with Crippen molar-refractivity contribution in [3.05, 3.63) is 0 Å². The van der Waals surface area contributed by atoms with Gasteiger partial charge in [-0.3, -0.25) is 4.79 Å². The van der Waals surface area contributed by atoms with E-state index >= 15 is 0 Å². The summed E-state index contributed by atoms with van der Waals surface area (Å²) in [6, 6.07) is -0.757. The lowest BCUT2D eigenvalue weighted by molar-refractivity contribution is -0.143. The molecular formula is C28H55NO3. The minimum Gasteiger partial charge on any atom is -0.480 e. The van der Waals surface area contributed by atoms with Gasteiger partial charge in [0.05, 0.1) is 0 Å². The molecular weight excluding hydrogens is 398 g/mol. The molecule has 32 heavy (non-hydrogen) atoms. The zero-order chi connectivity index (χ0) is 23.9. The summed E-state index contributed by atoms with van der Waals surface area (Å²) >= 11 is 0. The lowest BCUT2D eigenvalue weighted by Crippen LogP contribution is -2.44. The molecule has 0 rings (SSSR count). The average molecular weight is 454 g/mol. The molecule has 0 aromatic carbocycles. The number of carbonyl (C=O) groups excluding carboxylic acids is 1. The van der Waals surface area contributed by atoms with E-state index in [1.807, 2.05) is 13.8 Å². The Balaban J connectivity index is 3.34. The van der Waals surface area contributed by atoms with Gasteiger partial charge in [0.15, 0.2) is 0 Å². The van der Waals surface area contributed by atoms with Gasteiger partial charge in [-0.15, -0.1) is 0 Å². The third kappa shape index (κ3) is 19.6. The monoisotopic (exact) mass is 453 g/mol. The Hall–Kier alpha value is -1.06. The molecule has 0 spiro atoms. The van der Waals surface area contributed by atoms with Gasteiger partial charge < -0.3 is 10.4 Å². The van der Waals surface area contributed by atoms with E-state index in [2.05, 4.69) is 12.2 Å². The molecule has 0 unspecified atom stereocenters. The van der Waals surface area contributed by atoms with Crippen molar-refractivity contribution in [2.24, 2.45) is 5.92 Å². The quantitative estimate of drug-likeness (QED) is 0.144. The summed E-state index contributed by atoms with van der Waals surface area (Å²) in [5.41, 5.74) is 0. The van der Waals surface area contributed by atoms with Crippen LogP contribution in [0.4, 0.5) is 0 Å². The van der Waals surface area contributed by atoms with Gasteiger partial charge in [0.1, 0.15) is 6.04 Å². The van der Waals surface area contributed by atoms with Crippen LogP contribution in [0.2, 0.25) is 0 Å². The number of carboxylic acid groups (broad SMARTS) is 1. The Morgan fingerprint density at radius 2 is 0.969 bits per heavy atom. The molecule has 0 radical (unpaired) electrons. The van der Waals surface area contributed by atoms with E-state index in [1.165, 1.54) is 109 Å². The number of amides is 1. The predicted octanol–water partition coefficient (Wildman–Crippen LogP) is 8.42. The van der Waals surface area contributed by atoms with Crippen LogP contribution in [0.25, 0.3) is 0 Å². The summed E-state index contributed by atoms with van der Waals surface area (Å²) < 4.78 is 0. The molecule has 0 aliphatic rings. The van der Waals surface area contributed by atoms with Crippen LogP contribution in [0.15, 0.2) is 0 Å². The third-order valence-corrected chi connectivity index (χ3v) is 6.80. The number of carbonyl (C=O) groups is 2. The first kappa shape index (κ1) is 30.9. The Morgan fingerprint density at radius 3 is 1.28 bits per heavy atom. The highest BCUT2D eigenvalue weighted by Gasteiger charge is 2.24. The van der Waals surface area contributed by atoms with Gasteiger partial charge >= 0.3 is 5.97 Å². The largest absolute Gasteiger partial charge is 0.480 e. The fourth-order valence-corrected chi connectivity index (χ4v) is 4.29. The Kier molecular flexibility index (Phi) is 22.3. The number of hydrogen-bond acceptors (Lipinski definition) is 2. The molecule has 0 aromatic heterocycles. The highest BCUT2D eigenvalue weighted by molar-refractivity contribution is 5.83. The van der Waals surface area contributed by atoms with E-state index in [4.69, 9.17) is 0 Å². The summed E-state index contributed by atoms with van der Waals surface area (Å²) in [4.78, 5) is 23.3. The minimum absolute atomic E-state index is 0.0402. The van der Waals surface area contributed by atoms with Crippen molar-refractivity contribution in [3.8, 4) is 0 Å². The van der Waals surface area contributed by atoms with Crippen molar-refractivity contribution < 1.29 is 14.7 Å². The molecule has 0 fully saturated rings. The topological polar surface area (TPSA) is 66.4 Å². The molecule has 0 saturated carbocycles. The Morgan fingerprint density at radius 1 is 0.625 bits per heavy atom. The summed E-state index contributed by atoms with van der Waals surface area (Å²) in [7, 11) is 0. The second-order valence-corrected chi connectivity index (χ2v) is 9.88. The summed E-state index contributed by atoms with van der Waals surface area (Å²) in [5, 5.41) is 11.9. The van der Waals surface area contributed by atoms with Crippen molar-refractivity contribution in [2.45, 2.75) is 162 Å². The average Bonchev–Trinajstić information content (AvgIpc) is 2.78. The highest BCUT2D eigenvalue weighted by Crippen LogP contribution is 2.15. The number of hydrogen-bond donors (Lipinski definition) is 2. The van der Waals surface area contributed by atoms with Gasteiger partial charge in [-0.1, -0.05) is 143 Å². The van der Waals surface area contributed by atoms with Gasteiger partial charge in [-0.25, -0.2) is 4.79 Å². The number of carboxylic acids is 1. The lowest BCUT2D eigenvalue weighted by atomic mass is 9.99. The van der Waals surface area contributed by atoms with E-state index in [0.29, 0.717) is 6.42 Å². The fraction of sp³-hybridized carbons (Fsp3) is 0.929. The van der Waals surface area contributed by atoms with Crippen LogP contribution in [-0.2, 0) is 9.59 Å². The number of rotatable bonds is 24. The molecule has 0 saturated heterocycles. The van der Waals surface area contributed by atoms with Gasteiger partial charge in [-0.2, -0.15) is 0 Å². The van der Waals surface area contributed by atoms with Gasteiger partial charge in [0.25, 0.3) is 0 Å². The smallest absolute Gasteiger partial charge is 0.326 e. The number of unbranched alkanes of at least 4 members (excludes halogenated alkanes) is 18. The summed E-state index contributed by atoms with van der Waals surface area (Å²) in [6.45, 7) is 6.10. The maximum absolute atomic E-state index is 12.0. The Labute approximate surface area is 199 Å². The van der Waals surface area contributed by atoms with E-state index in [0.717, 1.165) is 19.3 Å². The molecule has 0 heterocycles. The van der Waals surface area contributed by atoms with Crippen LogP contribution < -0.4 is 5.32 Å². The standard InChI is InChI=1S/C28H55NO3/c1-4-6-7-8-9-10-11-12-13-14-15-16-17-18-19-20-21-22-23-24-26(30)29-27(28(31)32)25(3)5-2/h25,27H,4-24H2,1-3H3,(H,29,30)(H,31,32)/t25-,27-/m0/s1. The zero-order valence-corrected chi connectivity index (χ0v) is 21.8. The van der Waals surface area contributed by atoms with Crippen LogP contribution in [0, 0.1) is 5.92 Å². The second kappa shape index (κ2) is 23.1. The lowest BCUT2D eigenvalue weighted by Gasteiger charge is -2.20. The maximum atomic E-state index is 12.0. The van der Waals surface area contributed by atoms with Gasteiger partial charge in [0.2, 0.25) is 5.91 Å².